The van der Waals surface area contributed by atoms with E-state index in [1.807, 2.05) is 44.2 Å². The summed E-state index contributed by atoms with van der Waals surface area (Å²) < 4.78 is 53.9. The molecule has 0 bridgehead atoms. The van der Waals surface area contributed by atoms with Gasteiger partial charge in [0.1, 0.15) is 31.6 Å². The van der Waals surface area contributed by atoms with Crippen molar-refractivity contribution in [3.05, 3.63) is 89.7 Å². The van der Waals surface area contributed by atoms with E-state index >= 15 is 0 Å². The van der Waals surface area contributed by atoms with Gasteiger partial charge in [0, 0.05) is 30.6 Å². The van der Waals surface area contributed by atoms with Gasteiger partial charge in [-0.3, -0.25) is 13.9 Å². The van der Waals surface area contributed by atoms with Gasteiger partial charge >= 0.3 is 0 Å². The number of nitrogens with zero attached hydrogens (tertiary/aromatic N) is 2. The Morgan fingerprint density at radius 3 is 2.30 bits per heavy atom. The van der Waals surface area contributed by atoms with Crippen molar-refractivity contribution in [2.24, 2.45) is 0 Å². The molecule has 2 unspecified atom stereocenters. The summed E-state index contributed by atoms with van der Waals surface area (Å²) >= 11 is 0. The second-order valence-corrected chi connectivity index (χ2v) is 12.6. The highest BCUT2D eigenvalue weighted by molar-refractivity contribution is 7.92. The number of hydrogen-bond donors (Lipinski definition) is 1. The van der Waals surface area contributed by atoms with E-state index in [2.05, 4.69) is 5.32 Å². The van der Waals surface area contributed by atoms with Crippen molar-refractivity contribution in [3.63, 3.8) is 0 Å². The molecule has 11 heteroatoms. The Morgan fingerprint density at radius 2 is 1.63 bits per heavy atom. The molecule has 230 valence electrons. The quantitative estimate of drug-likeness (QED) is 0.309. The van der Waals surface area contributed by atoms with Gasteiger partial charge in [0.05, 0.1) is 11.4 Å². The SMILES string of the molecule is CCC(C)NC(=O)C(Cc1ccccc1)N(Cc1ccccc1F)C(=O)CN(c1ccc2c(c1)OCCO2)S(=O)(=O)CC. The summed E-state index contributed by atoms with van der Waals surface area (Å²) in [6.45, 7) is 5.11. The predicted octanol–water partition coefficient (Wildman–Crippen LogP) is 4.31. The summed E-state index contributed by atoms with van der Waals surface area (Å²) in [7, 11) is -3.96. The summed E-state index contributed by atoms with van der Waals surface area (Å²) in [4.78, 5) is 29.3. The molecule has 43 heavy (non-hydrogen) atoms. The maximum Gasteiger partial charge on any atom is 0.244 e. The normalized spacial score (nSPS) is 14.0. The van der Waals surface area contributed by atoms with Gasteiger partial charge < -0.3 is 19.7 Å². The molecular formula is C32H38FN3O6S. The Kier molecular flexibility index (Phi) is 10.6. The topological polar surface area (TPSA) is 105 Å². The van der Waals surface area contributed by atoms with Crippen LogP contribution in [0, 0.1) is 5.82 Å². The zero-order chi connectivity index (χ0) is 31.0. The number of hydrogen-bond acceptors (Lipinski definition) is 6. The number of ether oxygens (including phenoxy) is 2. The molecule has 0 fully saturated rings. The molecule has 1 aliphatic heterocycles. The molecule has 0 saturated carbocycles. The van der Waals surface area contributed by atoms with E-state index in [1.54, 1.807) is 30.3 Å². The minimum atomic E-state index is -3.96. The first-order valence-corrected chi connectivity index (χ1v) is 16.0. The van der Waals surface area contributed by atoms with E-state index in [4.69, 9.17) is 9.47 Å². The first-order valence-electron chi connectivity index (χ1n) is 14.4. The first-order chi connectivity index (χ1) is 20.6. The van der Waals surface area contributed by atoms with E-state index in [-0.39, 0.29) is 36.0 Å². The zero-order valence-corrected chi connectivity index (χ0v) is 25.5. The van der Waals surface area contributed by atoms with Crippen LogP contribution in [0.3, 0.4) is 0 Å². The number of sulfonamides is 1. The Labute approximate surface area is 252 Å². The van der Waals surface area contributed by atoms with Crippen LogP contribution in [-0.4, -0.2) is 62.7 Å². The number of carbonyl (C=O) groups excluding carboxylic acids is 2. The van der Waals surface area contributed by atoms with Gasteiger partial charge in [-0.1, -0.05) is 55.5 Å². The fourth-order valence-electron chi connectivity index (χ4n) is 4.71. The molecular weight excluding hydrogens is 573 g/mol. The van der Waals surface area contributed by atoms with Crippen LogP contribution in [0.25, 0.3) is 0 Å². The van der Waals surface area contributed by atoms with Crippen LogP contribution >= 0.6 is 0 Å². The minimum Gasteiger partial charge on any atom is -0.486 e. The van der Waals surface area contributed by atoms with Crippen LogP contribution in [0.4, 0.5) is 10.1 Å². The summed E-state index contributed by atoms with van der Waals surface area (Å²) in [5.74, 6) is -1.04. The van der Waals surface area contributed by atoms with Crippen molar-refractivity contribution in [2.45, 2.75) is 52.2 Å². The van der Waals surface area contributed by atoms with E-state index in [0.717, 1.165) is 9.87 Å². The number of halogens is 1. The number of anilines is 1. The molecule has 0 spiro atoms. The molecule has 1 heterocycles. The monoisotopic (exact) mass is 611 g/mol. The van der Waals surface area contributed by atoms with Gasteiger partial charge in [-0.2, -0.15) is 0 Å². The smallest absolute Gasteiger partial charge is 0.244 e. The van der Waals surface area contributed by atoms with Gasteiger partial charge in [-0.25, -0.2) is 12.8 Å². The molecule has 2 amide bonds. The van der Waals surface area contributed by atoms with Crippen molar-refractivity contribution < 1.29 is 31.9 Å². The molecule has 3 aromatic carbocycles. The molecule has 0 radical (unpaired) electrons. The van der Waals surface area contributed by atoms with Crippen LogP contribution in [0.1, 0.15) is 38.3 Å². The van der Waals surface area contributed by atoms with Gasteiger partial charge in [0.25, 0.3) is 0 Å². The summed E-state index contributed by atoms with van der Waals surface area (Å²) in [6, 6.07) is 18.7. The lowest BCUT2D eigenvalue weighted by atomic mass is 10.0. The van der Waals surface area contributed by atoms with Crippen molar-refractivity contribution in [1.82, 2.24) is 10.2 Å². The number of fused-ring (bicyclic) bond motifs is 1. The zero-order valence-electron chi connectivity index (χ0n) is 24.7. The largest absolute Gasteiger partial charge is 0.486 e. The average Bonchev–Trinajstić information content (AvgIpc) is 3.02. The number of benzene rings is 3. The van der Waals surface area contributed by atoms with E-state index in [1.165, 1.54) is 24.0 Å². The van der Waals surface area contributed by atoms with E-state index < -0.39 is 40.2 Å². The number of rotatable bonds is 13. The molecule has 4 rings (SSSR count). The van der Waals surface area contributed by atoms with E-state index in [9.17, 15) is 22.4 Å². The van der Waals surface area contributed by atoms with Gasteiger partial charge in [0.15, 0.2) is 11.5 Å². The average molecular weight is 612 g/mol. The predicted molar refractivity (Wildman–Crippen MR) is 163 cm³/mol. The van der Waals surface area contributed by atoms with Crippen molar-refractivity contribution >= 4 is 27.5 Å². The maximum atomic E-state index is 14.9. The third-order valence-electron chi connectivity index (χ3n) is 7.36. The van der Waals surface area contributed by atoms with Crippen molar-refractivity contribution in [2.75, 3.05) is 29.8 Å². The highest BCUT2D eigenvalue weighted by Gasteiger charge is 2.34. The molecule has 0 saturated heterocycles. The third kappa shape index (κ3) is 8.04. The van der Waals surface area contributed by atoms with Crippen molar-refractivity contribution in [3.8, 4) is 11.5 Å². The highest BCUT2D eigenvalue weighted by atomic mass is 32.2. The third-order valence-corrected chi connectivity index (χ3v) is 9.10. The summed E-state index contributed by atoms with van der Waals surface area (Å²) in [5.41, 5.74) is 1.21. The fraction of sp³-hybridized carbons (Fsp3) is 0.375. The highest BCUT2D eigenvalue weighted by Crippen LogP contribution is 2.35. The van der Waals surface area contributed by atoms with Crippen LogP contribution in [0.2, 0.25) is 0 Å². The van der Waals surface area contributed by atoms with Crippen LogP contribution < -0.4 is 19.1 Å². The fourth-order valence-corrected chi connectivity index (χ4v) is 5.77. The Balaban J connectivity index is 1.76. The second-order valence-electron chi connectivity index (χ2n) is 10.4. The lowest BCUT2D eigenvalue weighted by molar-refractivity contribution is -0.140. The van der Waals surface area contributed by atoms with Crippen molar-refractivity contribution in [1.29, 1.82) is 0 Å². The van der Waals surface area contributed by atoms with Crippen LogP contribution in [0.15, 0.2) is 72.8 Å². The van der Waals surface area contributed by atoms with Crippen LogP contribution in [-0.2, 0) is 32.6 Å². The summed E-state index contributed by atoms with van der Waals surface area (Å²) in [6.07, 6.45) is 0.811. The standard InChI is InChI=1S/C32H38FN3O6S/c1-4-23(3)34-32(38)28(19-24-11-7-6-8-12-24)35(21-25-13-9-10-14-27(25)33)31(37)22-36(43(39,40)5-2)26-15-16-29-30(20-26)42-18-17-41-29/h6-16,20,23,28H,4-5,17-19,21-22H2,1-3H3,(H,34,38). The molecule has 1 N–H and O–H groups in total. The summed E-state index contributed by atoms with van der Waals surface area (Å²) in [5, 5.41) is 2.96. The molecule has 3 aromatic rings. The van der Waals surface area contributed by atoms with Crippen LogP contribution in [0.5, 0.6) is 11.5 Å². The Bertz CT molecular complexity index is 1520. The van der Waals surface area contributed by atoms with E-state index in [0.29, 0.717) is 31.1 Å². The number of amides is 2. The lowest BCUT2D eigenvalue weighted by Gasteiger charge is -2.34. The Morgan fingerprint density at radius 1 is 0.953 bits per heavy atom. The maximum absolute atomic E-state index is 14.9. The number of carbonyl (C=O) groups is 2. The molecule has 9 nitrogen and oxygen atoms in total. The molecule has 1 aliphatic rings. The number of nitrogens with one attached hydrogen (secondary N) is 1. The lowest BCUT2D eigenvalue weighted by Crippen LogP contribution is -2.54. The molecule has 2 atom stereocenters. The second kappa shape index (κ2) is 14.4. The minimum absolute atomic E-state index is 0.147. The Hall–Kier alpha value is -4.12. The molecule has 0 aromatic heterocycles. The molecule has 0 aliphatic carbocycles. The first kappa shape index (κ1) is 31.8. The van der Waals surface area contributed by atoms with Gasteiger partial charge in [-0.15, -0.1) is 0 Å². The van der Waals surface area contributed by atoms with Gasteiger partial charge in [0.2, 0.25) is 21.8 Å². The van der Waals surface area contributed by atoms with Gasteiger partial charge in [-0.05, 0) is 44.0 Å².